The summed E-state index contributed by atoms with van der Waals surface area (Å²) in [5.74, 6) is 0.205. The van der Waals surface area contributed by atoms with Gasteiger partial charge in [0.05, 0.1) is 0 Å². The Balaban J connectivity index is 1.81. The van der Waals surface area contributed by atoms with E-state index in [4.69, 9.17) is 0 Å². The fourth-order valence-corrected chi connectivity index (χ4v) is 4.77. The summed E-state index contributed by atoms with van der Waals surface area (Å²) in [5, 5.41) is 0. The fourth-order valence-electron chi connectivity index (χ4n) is 4.77. The summed E-state index contributed by atoms with van der Waals surface area (Å²) in [6.45, 7) is 7.95. The summed E-state index contributed by atoms with van der Waals surface area (Å²) >= 11 is 0. The summed E-state index contributed by atoms with van der Waals surface area (Å²) in [7, 11) is 4.03. The Morgan fingerprint density at radius 2 is 1.77 bits per heavy atom. The van der Waals surface area contributed by atoms with Crippen LogP contribution in [-0.2, 0) is 0 Å². The van der Waals surface area contributed by atoms with Crippen molar-refractivity contribution in [2.24, 2.45) is 10.8 Å². The fraction of sp³-hybridized carbons (Fsp3) is 0.632. The summed E-state index contributed by atoms with van der Waals surface area (Å²) in [4.78, 5) is 17.1. The molecule has 2 bridgehead atoms. The van der Waals surface area contributed by atoms with Gasteiger partial charge in [0.25, 0.3) is 5.91 Å². The van der Waals surface area contributed by atoms with Crippen LogP contribution in [0.25, 0.3) is 0 Å². The average molecular weight is 300 g/mol. The minimum atomic E-state index is 0.205. The van der Waals surface area contributed by atoms with E-state index in [-0.39, 0.29) is 5.91 Å². The van der Waals surface area contributed by atoms with Gasteiger partial charge in [0.2, 0.25) is 0 Å². The van der Waals surface area contributed by atoms with E-state index in [0.717, 1.165) is 30.6 Å². The van der Waals surface area contributed by atoms with Gasteiger partial charge in [-0.05, 0) is 54.4 Å². The third-order valence-electron chi connectivity index (χ3n) is 5.31. The minimum Gasteiger partial charge on any atom is -0.378 e. The number of carbonyl (C=O) groups excluding carboxylic acids is 1. The lowest BCUT2D eigenvalue weighted by Gasteiger charge is -2.39. The molecule has 120 valence electrons. The van der Waals surface area contributed by atoms with Crippen molar-refractivity contribution in [3.8, 4) is 0 Å². The predicted molar refractivity (Wildman–Crippen MR) is 91.3 cm³/mol. The number of hydrogen-bond donors (Lipinski definition) is 0. The molecule has 2 unspecified atom stereocenters. The van der Waals surface area contributed by atoms with Crippen LogP contribution in [0.1, 0.15) is 50.4 Å². The van der Waals surface area contributed by atoms with Gasteiger partial charge in [0.1, 0.15) is 0 Å². The second kappa shape index (κ2) is 5.00. The molecule has 3 rings (SSSR count). The first-order valence-electron chi connectivity index (χ1n) is 8.28. The molecule has 1 aromatic carbocycles. The van der Waals surface area contributed by atoms with Crippen molar-refractivity contribution in [2.45, 2.75) is 46.1 Å². The molecule has 1 heterocycles. The van der Waals surface area contributed by atoms with Crippen molar-refractivity contribution < 1.29 is 4.79 Å². The van der Waals surface area contributed by atoms with Gasteiger partial charge in [-0.3, -0.25) is 4.79 Å². The lowest BCUT2D eigenvalue weighted by molar-refractivity contribution is 0.0708. The molecule has 2 atom stereocenters. The van der Waals surface area contributed by atoms with Crippen molar-refractivity contribution in [3.05, 3.63) is 29.8 Å². The highest BCUT2D eigenvalue weighted by atomic mass is 16.2. The van der Waals surface area contributed by atoms with Crippen molar-refractivity contribution >= 4 is 11.6 Å². The van der Waals surface area contributed by atoms with Crippen LogP contribution in [0, 0.1) is 10.8 Å². The Bertz CT molecular complexity index is 576. The number of likely N-dealkylation sites (tertiary alicyclic amines) is 1. The molecule has 1 saturated carbocycles. The van der Waals surface area contributed by atoms with Gasteiger partial charge < -0.3 is 9.80 Å². The summed E-state index contributed by atoms with van der Waals surface area (Å²) < 4.78 is 0. The molecule has 3 heteroatoms. The van der Waals surface area contributed by atoms with E-state index in [0.29, 0.717) is 16.9 Å². The first kappa shape index (κ1) is 15.4. The molecule has 0 spiro atoms. The molecule has 0 radical (unpaired) electrons. The van der Waals surface area contributed by atoms with Crippen LogP contribution in [0.4, 0.5) is 5.69 Å². The zero-order valence-corrected chi connectivity index (χ0v) is 14.5. The van der Waals surface area contributed by atoms with Crippen LogP contribution < -0.4 is 4.90 Å². The number of amides is 1. The molecule has 0 aromatic heterocycles. The summed E-state index contributed by atoms with van der Waals surface area (Å²) in [5.41, 5.74) is 2.59. The Morgan fingerprint density at radius 1 is 1.14 bits per heavy atom. The second-order valence-corrected chi connectivity index (χ2v) is 8.59. The lowest BCUT2D eigenvalue weighted by Crippen LogP contribution is -2.37. The van der Waals surface area contributed by atoms with Crippen molar-refractivity contribution in [3.63, 3.8) is 0 Å². The highest BCUT2D eigenvalue weighted by molar-refractivity contribution is 5.95. The highest BCUT2D eigenvalue weighted by Crippen LogP contribution is 2.52. The van der Waals surface area contributed by atoms with Gasteiger partial charge in [-0.15, -0.1) is 0 Å². The molecule has 1 amide bonds. The number of rotatable bonds is 2. The van der Waals surface area contributed by atoms with Crippen LogP contribution in [0.3, 0.4) is 0 Å². The van der Waals surface area contributed by atoms with Gasteiger partial charge in [0.15, 0.2) is 0 Å². The maximum Gasteiger partial charge on any atom is 0.254 e. The molecule has 1 aliphatic heterocycles. The number of anilines is 1. The highest BCUT2D eigenvalue weighted by Gasteiger charge is 2.50. The van der Waals surface area contributed by atoms with Gasteiger partial charge in [-0.25, -0.2) is 0 Å². The quantitative estimate of drug-likeness (QED) is 0.829. The van der Waals surface area contributed by atoms with Crippen molar-refractivity contribution in [1.29, 1.82) is 0 Å². The normalized spacial score (nSPS) is 29.5. The molecule has 1 saturated heterocycles. The van der Waals surface area contributed by atoms with Crippen LogP contribution in [0.2, 0.25) is 0 Å². The maximum atomic E-state index is 12.9. The lowest BCUT2D eigenvalue weighted by atomic mass is 9.65. The number of hydrogen-bond acceptors (Lipinski definition) is 2. The van der Waals surface area contributed by atoms with E-state index in [1.54, 1.807) is 0 Å². The zero-order chi connectivity index (χ0) is 16.1. The SMILES string of the molecule is CN(C)c1ccc(C(=O)N2CC3(C)CC2CC(C)(C)C3)cc1. The first-order chi connectivity index (χ1) is 10.2. The minimum absolute atomic E-state index is 0.205. The Hall–Kier alpha value is -1.51. The zero-order valence-electron chi connectivity index (χ0n) is 14.5. The third kappa shape index (κ3) is 2.73. The Labute approximate surface area is 134 Å². The Kier molecular flexibility index (Phi) is 3.50. The van der Waals surface area contributed by atoms with Crippen LogP contribution in [-0.4, -0.2) is 37.5 Å². The van der Waals surface area contributed by atoms with Gasteiger partial charge in [-0.2, -0.15) is 0 Å². The van der Waals surface area contributed by atoms with E-state index >= 15 is 0 Å². The van der Waals surface area contributed by atoms with Gasteiger partial charge >= 0.3 is 0 Å². The van der Waals surface area contributed by atoms with Crippen molar-refractivity contribution in [1.82, 2.24) is 4.90 Å². The third-order valence-corrected chi connectivity index (χ3v) is 5.31. The standard InChI is InChI=1S/C19H28N2O/c1-18(2)10-16-11-19(3,12-18)13-21(16)17(22)14-6-8-15(9-7-14)20(4)5/h6-9,16H,10-13H2,1-5H3. The monoisotopic (exact) mass is 300 g/mol. The molecule has 3 nitrogen and oxygen atoms in total. The molecular formula is C19H28N2O. The van der Waals surface area contributed by atoms with E-state index in [9.17, 15) is 4.79 Å². The topological polar surface area (TPSA) is 23.6 Å². The van der Waals surface area contributed by atoms with Crippen LogP contribution in [0.5, 0.6) is 0 Å². The van der Waals surface area contributed by atoms with E-state index < -0.39 is 0 Å². The molecule has 22 heavy (non-hydrogen) atoms. The second-order valence-electron chi connectivity index (χ2n) is 8.59. The summed E-state index contributed by atoms with van der Waals surface area (Å²) in [6, 6.07) is 8.40. The number of nitrogens with zero attached hydrogens (tertiary/aromatic N) is 2. The molecule has 0 N–H and O–H groups in total. The smallest absolute Gasteiger partial charge is 0.254 e. The van der Waals surface area contributed by atoms with Gasteiger partial charge in [0, 0.05) is 37.9 Å². The molecule has 2 fully saturated rings. The first-order valence-corrected chi connectivity index (χ1v) is 8.28. The van der Waals surface area contributed by atoms with E-state index in [2.05, 4.69) is 30.6 Å². The predicted octanol–water partition coefficient (Wildman–Crippen LogP) is 3.79. The van der Waals surface area contributed by atoms with Crippen LogP contribution >= 0.6 is 0 Å². The average Bonchev–Trinajstić information content (AvgIpc) is 2.67. The largest absolute Gasteiger partial charge is 0.378 e. The van der Waals surface area contributed by atoms with Gasteiger partial charge in [-0.1, -0.05) is 20.8 Å². The number of carbonyl (C=O) groups is 1. The maximum absolute atomic E-state index is 12.9. The molecular weight excluding hydrogens is 272 g/mol. The van der Waals surface area contributed by atoms with Crippen molar-refractivity contribution in [2.75, 3.05) is 25.5 Å². The van der Waals surface area contributed by atoms with E-state index in [1.165, 1.54) is 6.42 Å². The number of fused-ring (bicyclic) bond motifs is 2. The molecule has 1 aromatic rings. The summed E-state index contributed by atoms with van der Waals surface area (Å²) in [6.07, 6.45) is 3.52. The van der Waals surface area contributed by atoms with E-state index in [1.807, 2.05) is 38.4 Å². The Morgan fingerprint density at radius 3 is 2.36 bits per heavy atom. The van der Waals surface area contributed by atoms with Crippen LogP contribution in [0.15, 0.2) is 24.3 Å². The number of benzene rings is 1. The molecule has 1 aliphatic carbocycles. The molecule has 2 aliphatic rings.